The van der Waals surface area contributed by atoms with Crippen LogP contribution in [-0.4, -0.2) is 9.91 Å². The van der Waals surface area contributed by atoms with Gasteiger partial charge in [0.25, 0.3) is 0 Å². The molecule has 1 rings (SSSR count). The van der Waals surface area contributed by atoms with Crippen molar-refractivity contribution in [2.24, 2.45) is 0 Å². The van der Waals surface area contributed by atoms with E-state index in [1.54, 1.807) is 0 Å². The Morgan fingerprint density at radius 1 is 1.43 bits per heavy atom. The lowest BCUT2D eigenvalue weighted by Gasteiger charge is -2.05. The van der Waals surface area contributed by atoms with Crippen molar-refractivity contribution in [1.82, 2.24) is 4.98 Å². The van der Waals surface area contributed by atoms with E-state index in [1.165, 1.54) is 0 Å². The fourth-order valence-corrected chi connectivity index (χ4v) is 0.779. The van der Waals surface area contributed by atoms with Crippen molar-refractivity contribution in [1.29, 1.82) is 0 Å². The highest BCUT2D eigenvalue weighted by molar-refractivity contribution is 5.30. The van der Waals surface area contributed by atoms with Crippen LogP contribution >= 0.6 is 0 Å². The quantitative estimate of drug-likeness (QED) is 0.405. The number of alkyl halides is 3. The van der Waals surface area contributed by atoms with Crippen molar-refractivity contribution in [3.8, 4) is 0 Å². The van der Waals surface area contributed by atoms with Gasteiger partial charge in [0.2, 0.25) is 5.82 Å². The molecule has 0 unspecified atom stereocenters. The molecule has 0 fully saturated rings. The number of hydrogen-bond donors (Lipinski definition) is 0. The molecule has 0 saturated carbocycles. The van der Waals surface area contributed by atoms with Gasteiger partial charge in [-0.15, -0.1) is 0 Å². The second-order valence-electron chi connectivity index (χ2n) is 2.25. The lowest BCUT2D eigenvalue weighted by Crippen LogP contribution is -2.10. The van der Waals surface area contributed by atoms with Crippen LogP contribution in [-0.2, 0) is 6.18 Å². The van der Waals surface area contributed by atoms with Crippen molar-refractivity contribution in [2.45, 2.75) is 6.18 Å². The van der Waals surface area contributed by atoms with Crippen LogP contribution < -0.4 is 0 Å². The standard InChI is InChI=1S/C6H2F4N2O2/c7-4-3(6(8,9)10)1-2-11-5(4)12(13)14/h1-2H. The average molecular weight is 210 g/mol. The molecule has 1 aromatic rings. The summed E-state index contributed by atoms with van der Waals surface area (Å²) in [5.74, 6) is -3.40. The number of rotatable bonds is 1. The first kappa shape index (κ1) is 10.4. The second kappa shape index (κ2) is 3.20. The van der Waals surface area contributed by atoms with Crippen LogP contribution in [0.1, 0.15) is 5.56 Å². The first-order valence-electron chi connectivity index (χ1n) is 3.20. The van der Waals surface area contributed by atoms with Gasteiger partial charge in [-0.3, -0.25) is 0 Å². The van der Waals surface area contributed by atoms with E-state index < -0.39 is 28.3 Å². The molecule has 8 heteroatoms. The zero-order chi connectivity index (χ0) is 10.9. The van der Waals surface area contributed by atoms with E-state index in [1.807, 2.05) is 0 Å². The van der Waals surface area contributed by atoms with Gasteiger partial charge in [-0.2, -0.15) is 17.6 Å². The van der Waals surface area contributed by atoms with Crippen LogP contribution in [0.25, 0.3) is 0 Å². The summed E-state index contributed by atoms with van der Waals surface area (Å²) in [6, 6.07) is 0.336. The van der Waals surface area contributed by atoms with Gasteiger partial charge in [0, 0.05) is 0 Å². The summed E-state index contributed by atoms with van der Waals surface area (Å²) in [4.78, 5) is 11.6. The molecular weight excluding hydrogens is 208 g/mol. The predicted octanol–water partition coefficient (Wildman–Crippen LogP) is 2.15. The highest BCUT2D eigenvalue weighted by Gasteiger charge is 2.38. The first-order valence-corrected chi connectivity index (χ1v) is 3.20. The summed E-state index contributed by atoms with van der Waals surface area (Å²) in [7, 11) is 0. The molecular formula is C6H2F4N2O2. The molecule has 0 aliphatic heterocycles. The van der Waals surface area contributed by atoms with E-state index in [0.717, 1.165) is 0 Å². The van der Waals surface area contributed by atoms with Gasteiger partial charge in [-0.25, -0.2) is 0 Å². The van der Waals surface area contributed by atoms with Gasteiger partial charge in [-0.1, -0.05) is 0 Å². The molecule has 1 heterocycles. The Labute approximate surface area is 74.3 Å². The maximum Gasteiger partial charge on any atom is 0.419 e. The Bertz CT molecular complexity index is 377. The maximum atomic E-state index is 12.8. The molecule has 0 atom stereocenters. The third-order valence-electron chi connectivity index (χ3n) is 1.35. The van der Waals surface area contributed by atoms with E-state index in [2.05, 4.69) is 4.98 Å². The van der Waals surface area contributed by atoms with E-state index in [9.17, 15) is 27.7 Å². The molecule has 76 valence electrons. The number of aromatic nitrogens is 1. The van der Waals surface area contributed by atoms with Crippen LogP contribution in [0.5, 0.6) is 0 Å². The molecule has 0 amide bonds. The molecule has 1 aromatic heterocycles. The largest absolute Gasteiger partial charge is 0.419 e. The van der Waals surface area contributed by atoms with Crippen LogP contribution in [0, 0.1) is 15.9 Å². The zero-order valence-corrected chi connectivity index (χ0v) is 6.38. The van der Waals surface area contributed by atoms with Gasteiger partial charge in [0.05, 0.1) is 0 Å². The van der Waals surface area contributed by atoms with Crippen LogP contribution in [0.2, 0.25) is 0 Å². The van der Waals surface area contributed by atoms with E-state index in [0.29, 0.717) is 12.3 Å². The fourth-order valence-electron chi connectivity index (χ4n) is 0.779. The molecule has 14 heavy (non-hydrogen) atoms. The minimum Gasteiger partial charge on any atom is -0.358 e. The number of nitro groups is 1. The van der Waals surface area contributed by atoms with Gasteiger partial charge in [-0.05, 0) is 16.0 Å². The minimum absolute atomic E-state index is 0.336. The maximum absolute atomic E-state index is 12.8. The van der Waals surface area contributed by atoms with Gasteiger partial charge in [0.1, 0.15) is 11.8 Å². The van der Waals surface area contributed by atoms with Crippen LogP contribution in [0.3, 0.4) is 0 Å². The Kier molecular flexibility index (Phi) is 2.37. The van der Waals surface area contributed by atoms with E-state index in [4.69, 9.17) is 0 Å². The molecule has 0 aliphatic rings. The third kappa shape index (κ3) is 1.78. The Balaban J connectivity index is 3.35. The summed E-state index contributed by atoms with van der Waals surface area (Å²) in [6.45, 7) is 0. The Hall–Kier alpha value is -1.73. The smallest absolute Gasteiger partial charge is 0.358 e. The topological polar surface area (TPSA) is 56.0 Å². The molecule has 0 aromatic carbocycles. The molecule has 0 radical (unpaired) electrons. The summed E-state index contributed by atoms with van der Waals surface area (Å²) in [5.41, 5.74) is -1.70. The van der Waals surface area contributed by atoms with Crippen molar-refractivity contribution >= 4 is 5.82 Å². The SMILES string of the molecule is O=[N+]([O-])c1nccc(C(F)(F)F)c1F. The van der Waals surface area contributed by atoms with Crippen molar-refractivity contribution in [2.75, 3.05) is 0 Å². The normalized spacial score (nSPS) is 11.4. The van der Waals surface area contributed by atoms with Crippen molar-refractivity contribution in [3.63, 3.8) is 0 Å². The monoisotopic (exact) mass is 210 g/mol. The Morgan fingerprint density at radius 2 is 2.00 bits per heavy atom. The highest BCUT2D eigenvalue weighted by Crippen LogP contribution is 2.33. The average Bonchev–Trinajstić information content (AvgIpc) is 2.01. The molecule has 0 N–H and O–H groups in total. The minimum atomic E-state index is -4.96. The summed E-state index contributed by atoms with van der Waals surface area (Å²) in [6.07, 6.45) is -4.43. The fraction of sp³-hybridized carbons (Fsp3) is 0.167. The zero-order valence-electron chi connectivity index (χ0n) is 6.38. The number of halogens is 4. The van der Waals surface area contributed by atoms with Crippen molar-refractivity contribution < 1.29 is 22.5 Å². The van der Waals surface area contributed by atoms with Crippen molar-refractivity contribution in [3.05, 3.63) is 33.8 Å². The second-order valence-corrected chi connectivity index (χ2v) is 2.25. The first-order chi connectivity index (χ1) is 6.34. The number of pyridine rings is 1. The van der Waals surface area contributed by atoms with E-state index >= 15 is 0 Å². The number of hydrogen-bond acceptors (Lipinski definition) is 3. The molecule has 0 aliphatic carbocycles. The predicted molar refractivity (Wildman–Crippen MR) is 35.9 cm³/mol. The van der Waals surface area contributed by atoms with Gasteiger partial charge in [0.15, 0.2) is 0 Å². The third-order valence-corrected chi connectivity index (χ3v) is 1.35. The highest BCUT2D eigenvalue weighted by atomic mass is 19.4. The number of nitrogens with zero attached hydrogens (tertiary/aromatic N) is 2. The summed E-state index contributed by atoms with van der Waals surface area (Å²) < 4.78 is 48.8. The molecule has 4 nitrogen and oxygen atoms in total. The lowest BCUT2D eigenvalue weighted by molar-refractivity contribution is -0.392. The molecule has 0 bridgehead atoms. The summed E-state index contributed by atoms with van der Waals surface area (Å²) >= 11 is 0. The van der Waals surface area contributed by atoms with E-state index in [-0.39, 0.29) is 0 Å². The Morgan fingerprint density at radius 3 is 2.43 bits per heavy atom. The molecule has 0 spiro atoms. The molecule has 0 saturated heterocycles. The van der Waals surface area contributed by atoms with Gasteiger partial charge < -0.3 is 10.1 Å². The van der Waals surface area contributed by atoms with Crippen LogP contribution in [0.4, 0.5) is 23.4 Å². The summed E-state index contributed by atoms with van der Waals surface area (Å²) in [5, 5.41) is 10.0. The lowest BCUT2D eigenvalue weighted by atomic mass is 10.2. The van der Waals surface area contributed by atoms with Crippen LogP contribution in [0.15, 0.2) is 12.3 Å². The van der Waals surface area contributed by atoms with Gasteiger partial charge >= 0.3 is 12.0 Å².